The fourth-order valence-corrected chi connectivity index (χ4v) is 1.96. The molecule has 1 rings (SSSR count). The minimum Gasteiger partial charge on any atom is -0.382 e. The highest BCUT2D eigenvalue weighted by molar-refractivity contribution is 5.80. The van der Waals surface area contributed by atoms with E-state index in [4.69, 9.17) is 5.73 Å². The number of hydrogen-bond acceptors (Lipinski definition) is 3. The maximum absolute atomic E-state index is 11.7. The summed E-state index contributed by atoms with van der Waals surface area (Å²) < 4.78 is 0. The summed E-state index contributed by atoms with van der Waals surface area (Å²) in [6, 6.07) is 8.23. The van der Waals surface area contributed by atoms with Crippen LogP contribution in [0, 0.1) is 5.92 Å². The number of likely N-dealkylation sites (N-methyl/N-ethyl adjacent to an activating group) is 1. The number of rotatable bonds is 6. The van der Waals surface area contributed by atoms with Gasteiger partial charge in [0.1, 0.15) is 6.10 Å². The first-order chi connectivity index (χ1) is 8.93. The van der Waals surface area contributed by atoms with E-state index < -0.39 is 6.10 Å². The molecule has 1 aromatic carbocycles. The number of aliphatic hydroxyl groups excluding tert-OH is 1. The van der Waals surface area contributed by atoms with Crippen LogP contribution in [0.15, 0.2) is 24.3 Å². The zero-order valence-electron chi connectivity index (χ0n) is 12.0. The number of amides is 1. The van der Waals surface area contributed by atoms with Crippen molar-refractivity contribution in [3.8, 4) is 0 Å². The van der Waals surface area contributed by atoms with Gasteiger partial charge in [0.2, 0.25) is 0 Å². The molecule has 0 aliphatic heterocycles. The van der Waals surface area contributed by atoms with Crippen LogP contribution < -0.4 is 5.73 Å². The molecule has 1 aromatic rings. The Morgan fingerprint density at radius 3 is 2.26 bits per heavy atom. The number of hydrogen-bond donors (Lipinski definition) is 2. The summed E-state index contributed by atoms with van der Waals surface area (Å²) in [7, 11) is 1.67. The summed E-state index contributed by atoms with van der Waals surface area (Å²) in [6.45, 7) is 4.82. The third kappa shape index (κ3) is 5.01. The van der Waals surface area contributed by atoms with E-state index in [-0.39, 0.29) is 12.5 Å². The van der Waals surface area contributed by atoms with Crippen LogP contribution in [0.2, 0.25) is 0 Å². The second-order valence-corrected chi connectivity index (χ2v) is 5.36. The predicted molar refractivity (Wildman–Crippen MR) is 76.5 cm³/mol. The fraction of sp³-hybridized carbons (Fsp3) is 0.533. The number of carbonyl (C=O) groups is 1. The quantitative estimate of drug-likeness (QED) is 0.810. The summed E-state index contributed by atoms with van der Waals surface area (Å²) >= 11 is 0. The first kappa shape index (κ1) is 15.7. The Morgan fingerprint density at radius 1 is 1.26 bits per heavy atom. The van der Waals surface area contributed by atoms with Crippen molar-refractivity contribution in [3.05, 3.63) is 35.4 Å². The molecule has 0 saturated carbocycles. The zero-order valence-corrected chi connectivity index (χ0v) is 12.0. The van der Waals surface area contributed by atoms with Gasteiger partial charge < -0.3 is 15.7 Å². The van der Waals surface area contributed by atoms with E-state index >= 15 is 0 Å². The number of carbonyl (C=O) groups excluding carboxylic acids is 1. The lowest BCUT2D eigenvalue weighted by molar-refractivity contribution is -0.138. The van der Waals surface area contributed by atoms with Crippen LogP contribution in [0.3, 0.4) is 0 Å². The Bertz CT molecular complexity index is 401. The normalized spacial score (nSPS) is 12.5. The van der Waals surface area contributed by atoms with Crippen molar-refractivity contribution in [2.45, 2.75) is 32.9 Å². The number of nitrogens with zero attached hydrogens (tertiary/aromatic N) is 1. The highest BCUT2D eigenvalue weighted by Crippen LogP contribution is 2.11. The van der Waals surface area contributed by atoms with Crippen LogP contribution in [0.25, 0.3) is 0 Å². The Morgan fingerprint density at radius 2 is 1.79 bits per heavy atom. The molecule has 106 valence electrons. The molecule has 0 spiro atoms. The van der Waals surface area contributed by atoms with Gasteiger partial charge in [-0.25, -0.2) is 0 Å². The molecule has 0 saturated heterocycles. The lowest BCUT2D eigenvalue weighted by atomic mass is 10.0. The van der Waals surface area contributed by atoms with E-state index in [1.807, 2.05) is 12.1 Å². The average Bonchev–Trinajstić information content (AvgIpc) is 2.38. The first-order valence-corrected chi connectivity index (χ1v) is 6.65. The van der Waals surface area contributed by atoms with Gasteiger partial charge in [0.05, 0.1) is 0 Å². The van der Waals surface area contributed by atoms with Gasteiger partial charge in [0.15, 0.2) is 0 Å². The van der Waals surface area contributed by atoms with Crippen molar-refractivity contribution >= 4 is 5.91 Å². The van der Waals surface area contributed by atoms with Crippen molar-refractivity contribution in [1.82, 2.24) is 4.90 Å². The second-order valence-electron chi connectivity index (χ2n) is 5.36. The molecule has 1 amide bonds. The van der Waals surface area contributed by atoms with Crippen LogP contribution in [0.5, 0.6) is 0 Å². The molecule has 0 aliphatic rings. The molecule has 1 unspecified atom stereocenters. The molecule has 0 fully saturated rings. The Hall–Kier alpha value is -1.39. The van der Waals surface area contributed by atoms with Gasteiger partial charge in [-0.1, -0.05) is 38.1 Å². The third-order valence-corrected chi connectivity index (χ3v) is 2.97. The summed E-state index contributed by atoms with van der Waals surface area (Å²) in [4.78, 5) is 13.2. The summed E-state index contributed by atoms with van der Waals surface area (Å²) in [5, 5.41) is 9.40. The van der Waals surface area contributed by atoms with Crippen molar-refractivity contribution in [2.24, 2.45) is 11.7 Å². The molecule has 4 nitrogen and oxygen atoms in total. The molecule has 19 heavy (non-hydrogen) atoms. The van der Waals surface area contributed by atoms with Crippen molar-refractivity contribution in [3.63, 3.8) is 0 Å². The maximum Gasteiger partial charge on any atom is 0.252 e. The highest BCUT2D eigenvalue weighted by atomic mass is 16.3. The number of aliphatic hydroxyl groups is 1. The zero-order chi connectivity index (χ0) is 14.4. The molecule has 0 aliphatic carbocycles. The second kappa shape index (κ2) is 7.26. The lowest BCUT2D eigenvalue weighted by Gasteiger charge is -2.20. The highest BCUT2D eigenvalue weighted by Gasteiger charge is 2.17. The molecule has 4 heteroatoms. The Labute approximate surface area is 115 Å². The third-order valence-electron chi connectivity index (χ3n) is 2.97. The van der Waals surface area contributed by atoms with Crippen LogP contribution in [0.1, 0.15) is 25.0 Å². The average molecular weight is 264 g/mol. The molecule has 0 bridgehead atoms. The first-order valence-electron chi connectivity index (χ1n) is 6.65. The molecule has 0 aromatic heterocycles. The van der Waals surface area contributed by atoms with E-state index in [9.17, 15) is 9.90 Å². The number of nitrogens with two attached hydrogens (primary N) is 1. The standard InChI is InChI=1S/C15H24N2O2/c1-11(2)8-12-4-6-13(7-5-12)10-17(3)15(19)14(18)9-16/h4-7,11,14,18H,8-10,16H2,1-3H3. The van der Waals surface area contributed by atoms with Gasteiger partial charge in [-0.15, -0.1) is 0 Å². The van der Waals surface area contributed by atoms with Gasteiger partial charge in [0, 0.05) is 20.1 Å². The van der Waals surface area contributed by atoms with Crippen LogP contribution >= 0.6 is 0 Å². The lowest BCUT2D eigenvalue weighted by Crippen LogP contribution is -2.40. The summed E-state index contributed by atoms with van der Waals surface area (Å²) in [5.74, 6) is 0.295. The molecular weight excluding hydrogens is 240 g/mol. The van der Waals surface area contributed by atoms with Gasteiger partial charge in [-0.2, -0.15) is 0 Å². The van der Waals surface area contributed by atoms with Gasteiger partial charge >= 0.3 is 0 Å². The minimum absolute atomic E-state index is 0.0451. The van der Waals surface area contributed by atoms with E-state index in [1.54, 1.807) is 7.05 Å². The van der Waals surface area contributed by atoms with Gasteiger partial charge in [-0.05, 0) is 23.5 Å². The summed E-state index contributed by atoms with van der Waals surface area (Å²) in [5.41, 5.74) is 7.62. The SMILES string of the molecule is CC(C)Cc1ccc(CN(C)C(=O)C(O)CN)cc1. The van der Waals surface area contributed by atoms with E-state index in [0.29, 0.717) is 12.5 Å². The van der Waals surface area contributed by atoms with Crippen LogP contribution in [-0.4, -0.2) is 35.6 Å². The van der Waals surface area contributed by atoms with Crippen molar-refractivity contribution in [2.75, 3.05) is 13.6 Å². The molecule has 0 heterocycles. The van der Waals surface area contributed by atoms with E-state index in [0.717, 1.165) is 12.0 Å². The fourth-order valence-electron chi connectivity index (χ4n) is 1.96. The Kier molecular flexibility index (Phi) is 5.99. The minimum atomic E-state index is -1.11. The van der Waals surface area contributed by atoms with E-state index in [1.165, 1.54) is 10.5 Å². The predicted octanol–water partition coefficient (Wildman–Crippen LogP) is 1.16. The van der Waals surface area contributed by atoms with Crippen LogP contribution in [0.4, 0.5) is 0 Å². The molecule has 1 atom stereocenters. The Balaban J connectivity index is 2.60. The van der Waals surface area contributed by atoms with Crippen molar-refractivity contribution in [1.29, 1.82) is 0 Å². The largest absolute Gasteiger partial charge is 0.382 e. The topological polar surface area (TPSA) is 66.6 Å². The van der Waals surface area contributed by atoms with Gasteiger partial charge in [-0.3, -0.25) is 4.79 Å². The smallest absolute Gasteiger partial charge is 0.252 e. The molecule has 3 N–H and O–H groups in total. The molecule has 0 radical (unpaired) electrons. The number of benzene rings is 1. The van der Waals surface area contributed by atoms with E-state index in [2.05, 4.69) is 26.0 Å². The van der Waals surface area contributed by atoms with Crippen molar-refractivity contribution < 1.29 is 9.90 Å². The molecular formula is C15H24N2O2. The van der Waals surface area contributed by atoms with Crippen LogP contribution in [-0.2, 0) is 17.8 Å². The maximum atomic E-state index is 11.7. The monoisotopic (exact) mass is 264 g/mol. The van der Waals surface area contributed by atoms with Gasteiger partial charge in [0.25, 0.3) is 5.91 Å². The summed E-state index contributed by atoms with van der Waals surface area (Å²) in [6.07, 6.45) is -0.0498.